The van der Waals surface area contributed by atoms with Crippen molar-refractivity contribution < 1.29 is 9.47 Å². The molecule has 1 aliphatic heterocycles. The van der Waals surface area contributed by atoms with Gasteiger partial charge in [-0.05, 0) is 17.7 Å². The van der Waals surface area contributed by atoms with E-state index in [-0.39, 0.29) is 5.56 Å². The summed E-state index contributed by atoms with van der Waals surface area (Å²) in [6.07, 6.45) is 0.858. The molecule has 0 saturated carbocycles. The van der Waals surface area contributed by atoms with Gasteiger partial charge in [0.05, 0.1) is 24.8 Å². The van der Waals surface area contributed by atoms with Gasteiger partial charge in [0, 0.05) is 30.5 Å². The lowest BCUT2D eigenvalue weighted by atomic mass is 10.2. The molecule has 128 valence electrons. The summed E-state index contributed by atoms with van der Waals surface area (Å²) in [4.78, 5) is 18.0. The molecule has 0 radical (unpaired) electrons. The summed E-state index contributed by atoms with van der Waals surface area (Å²) in [7, 11) is 5.06. The number of benzene rings is 1. The Hall–Kier alpha value is -1.60. The number of methoxy groups -OCH3 is 2. The van der Waals surface area contributed by atoms with Gasteiger partial charge >= 0.3 is 0 Å². The van der Waals surface area contributed by atoms with Gasteiger partial charge in [-0.1, -0.05) is 18.7 Å². The summed E-state index contributed by atoms with van der Waals surface area (Å²) in [5.74, 6) is 2.20. The van der Waals surface area contributed by atoms with Crippen LogP contribution in [0.15, 0.2) is 33.0 Å². The van der Waals surface area contributed by atoms with Crippen molar-refractivity contribution in [3.8, 4) is 11.5 Å². The average Bonchev–Trinajstić information content (AvgIpc) is 2.97. The molecule has 1 aromatic heterocycles. The van der Waals surface area contributed by atoms with Crippen LogP contribution in [0.2, 0.25) is 0 Å². The Morgan fingerprint density at radius 3 is 2.58 bits per heavy atom. The molecule has 1 aliphatic rings. The number of nitrogens with zero attached hydrogens (tertiary/aromatic N) is 2. The first kappa shape index (κ1) is 17.2. The molecule has 2 aromatic rings. The van der Waals surface area contributed by atoms with Crippen LogP contribution in [0.5, 0.6) is 11.5 Å². The summed E-state index contributed by atoms with van der Waals surface area (Å²) in [6, 6.07) is 5.79. The highest BCUT2D eigenvalue weighted by atomic mass is 32.2. The molecule has 1 atom stereocenters. The van der Waals surface area contributed by atoms with Crippen molar-refractivity contribution in [2.24, 2.45) is 7.05 Å². The van der Waals surface area contributed by atoms with Crippen LogP contribution in [0.3, 0.4) is 0 Å². The van der Waals surface area contributed by atoms with E-state index in [0.29, 0.717) is 11.0 Å². The van der Waals surface area contributed by atoms with Gasteiger partial charge in [0.15, 0.2) is 5.16 Å². The third-order valence-electron chi connectivity index (χ3n) is 3.86. The summed E-state index contributed by atoms with van der Waals surface area (Å²) in [5.41, 5.74) is 2.05. The van der Waals surface area contributed by atoms with Crippen molar-refractivity contribution >= 4 is 23.5 Å². The van der Waals surface area contributed by atoms with Gasteiger partial charge in [-0.3, -0.25) is 9.36 Å². The van der Waals surface area contributed by atoms with E-state index >= 15 is 0 Å². The molecule has 0 amide bonds. The van der Waals surface area contributed by atoms with E-state index in [0.717, 1.165) is 39.2 Å². The predicted octanol–water partition coefficient (Wildman–Crippen LogP) is 3.13. The molecule has 3 rings (SSSR count). The molecule has 0 saturated heterocycles. The minimum absolute atomic E-state index is 0.0556. The van der Waals surface area contributed by atoms with E-state index in [4.69, 9.17) is 14.5 Å². The van der Waals surface area contributed by atoms with Crippen LogP contribution in [0.1, 0.15) is 18.2 Å². The van der Waals surface area contributed by atoms with E-state index < -0.39 is 0 Å². The summed E-state index contributed by atoms with van der Waals surface area (Å²) in [5, 5.41) is 1.17. The Bertz CT molecular complexity index is 798. The largest absolute Gasteiger partial charge is 0.497 e. The van der Waals surface area contributed by atoms with Gasteiger partial charge in [0.25, 0.3) is 5.56 Å². The van der Waals surface area contributed by atoms with E-state index in [1.807, 2.05) is 18.2 Å². The van der Waals surface area contributed by atoms with Gasteiger partial charge in [-0.2, -0.15) is 0 Å². The Labute approximate surface area is 149 Å². The van der Waals surface area contributed by atoms with E-state index in [1.165, 1.54) is 0 Å². The molecular weight excluding hydrogens is 344 g/mol. The minimum Gasteiger partial charge on any atom is -0.497 e. The highest BCUT2D eigenvalue weighted by molar-refractivity contribution is 8.00. The second-order valence-corrected chi connectivity index (χ2v) is 8.07. The molecule has 0 aliphatic carbocycles. The molecule has 7 heteroatoms. The van der Waals surface area contributed by atoms with Gasteiger partial charge in [0.1, 0.15) is 11.5 Å². The smallest absolute Gasteiger partial charge is 0.267 e. The zero-order valence-corrected chi connectivity index (χ0v) is 15.8. The number of hydrogen-bond acceptors (Lipinski definition) is 6. The normalized spacial score (nSPS) is 16.1. The number of thioether (sulfide) groups is 2. The van der Waals surface area contributed by atoms with E-state index in [9.17, 15) is 4.79 Å². The fraction of sp³-hybridized carbons (Fsp3) is 0.412. The van der Waals surface area contributed by atoms with Crippen LogP contribution in [-0.2, 0) is 19.2 Å². The van der Waals surface area contributed by atoms with Crippen molar-refractivity contribution in [3.05, 3.63) is 39.8 Å². The third kappa shape index (κ3) is 3.42. The molecule has 0 spiro atoms. The third-order valence-corrected chi connectivity index (χ3v) is 6.17. The lowest BCUT2D eigenvalue weighted by molar-refractivity contribution is 0.393. The maximum atomic E-state index is 12.5. The molecule has 5 nitrogen and oxygen atoms in total. The second kappa shape index (κ2) is 7.11. The van der Waals surface area contributed by atoms with Crippen molar-refractivity contribution in [2.75, 3.05) is 14.2 Å². The Balaban J connectivity index is 1.84. The summed E-state index contributed by atoms with van der Waals surface area (Å²) >= 11 is 3.18. The van der Waals surface area contributed by atoms with Gasteiger partial charge in [-0.25, -0.2) is 4.98 Å². The zero-order chi connectivity index (χ0) is 17.3. The minimum atomic E-state index is 0.0556. The van der Waals surface area contributed by atoms with Crippen molar-refractivity contribution in [1.82, 2.24) is 9.55 Å². The number of aromatic nitrogens is 2. The predicted molar refractivity (Wildman–Crippen MR) is 97.6 cm³/mol. The van der Waals surface area contributed by atoms with Crippen LogP contribution in [0.4, 0.5) is 0 Å². The van der Waals surface area contributed by atoms with Gasteiger partial charge in [0.2, 0.25) is 0 Å². The average molecular weight is 364 g/mol. The molecule has 0 fully saturated rings. The standard InChI is InChI=1S/C17H20N2O3S2/c1-10-5-14-15(24-10)16(20)19(2)17(18-14)23-9-11-6-12(21-3)8-13(7-11)22-4/h6-8,10H,5,9H2,1-4H3. The van der Waals surface area contributed by atoms with E-state index in [1.54, 1.807) is 49.4 Å². The maximum Gasteiger partial charge on any atom is 0.267 e. The van der Waals surface area contributed by atoms with Crippen LogP contribution in [0.25, 0.3) is 0 Å². The lowest BCUT2D eigenvalue weighted by Crippen LogP contribution is -2.22. The van der Waals surface area contributed by atoms with Crippen LogP contribution < -0.4 is 15.0 Å². The first-order valence-corrected chi connectivity index (χ1v) is 9.49. The molecule has 0 bridgehead atoms. The molecule has 24 heavy (non-hydrogen) atoms. The lowest BCUT2D eigenvalue weighted by Gasteiger charge is -2.11. The number of rotatable bonds is 5. The van der Waals surface area contributed by atoms with Crippen LogP contribution in [0, 0.1) is 0 Å². The molecule has 2 heterocycles. The van der Waals surface area contributed by atoms with Crippen molar-refractivity contribution in [2.45, 2.75) is 34.4 Å². The first-order valence-electron chi connectivity index (χ1n) is 7.63. The molecule has 1 aromatic carbocycles. The second-order valence-electron chi connectivity index (χ2n) is 5.68. The monoisotopic (exact) mass is 364 g/mol. The van der Waals surface area contributed by atoms with Crippen molar-refractivity contribution in [3.63, 3.8) is 0 Å². The SMILES string of the molecule is COc1cc(CSc2nc3c(c(=O)n2C)SC(C)C3)cc(OC)c1. The number of fused-ring (bicyclic) bond motifs is 1. The Morgan fingerprint density at radius 1 is 1.29 bits per heavy atom. The quantitative estimate of drug-likeness (QED) is 0.600. The fourth-order valence-corrected chi connectivity index (χ4v) is 4.66. The summed E-state index contributed by atoms with van der Waals surface area (Å²) < 4.78 is 12.2. The molecule has 0 N–H and O–H groups in total. The maximum absolute atomic E-state index is 12.5. The van der Waals surface area contributed by atoms with Crippen molar-refractivity contribution in [1.29, 1.82) is 0 Å². The van der Waals surface area contributed by atoms with Crippen LogP contribution >= 0.6 is 23.5 Å². The highest BCUT2D eigenvalue weighted by Crippen LogP contribution is 2.34. The molecular formula is C17H20N2O3S2. The van der Waals surface area contributed by atoms with Crippen LogP contribution in [-0.4, -0.2) is 29.0 Å². The Kier molecular flexibility index (Phi) is 5.10. The van der Waals surface area contributed by atoms with Gasteiger partial charge < -0.3 is 9.47 Å². The zero-order valence-electron chi connectivity index (χ0n) is 14.2. The van der Waals surface area contributed by atoms with Gasteiger partial charge in [-0.15, -0.1) is 11.8 Å². The molecule has 1 unspecified atom stereocenters. The highest BCUT2D eigenvalue weighted by Gasteiger charge is 2.25. The number of ether oxygens (including phenoxy) is 2. The van der Waals surface area contributed by atoms with E-state index in [2.05, 4.69) is 6.92 Å². The first-order chi connectivity index (χ1) is 11.5. The Morgan fingerprint density at radius 2 is 1.96 bits per heavy atom. The topological polar surface area (TPSA) is 53.3 Å². The fourth-order valence-electron chi connectivity index (χ4n) is 2.60. The summed E-state index contributed by atoms with van der Waals surface area (Å²) in [6.45, 7) is 2.13. The number of hydrogen-bond donors (Lipinski definition) is 0.